The van der Waals surface area contributed by atoms with E-state index in [0.29, 0.717) is 0 Å². The Balaban J connectivity index is 3.12. The first-order valence-electron chi connectivity index (χ1n) is 4.85. The number of aryl methyl sites for hydroxylation is 1. The number of carboxylic acids is 1. The molecule has 0 fully saturated rings. The molecule has 0 aliphatic rings. The van der Waals surface area contributed by atoms with Gasteiger partial charge in [-0.25, -0.2) is 4.79 Å². The third kappa shape index (κ3) is 3.26. The van der Waals surface area contributed by atoms with Gasteiger partial charge in [-0.05, 0) is 19.1 Å². The average Bonchev–Trinajstić information content (AvgIpc) is 2.26. The smallest absolute Gasteiger partial charge is 0.328 e. The predicted octanol–water partition coefficient (Wildman–Crippen LogP) is 0.00742. The molecule has 6 nitrogen and oxygen atoms in total. The van der Waals surface area contributed by atoms with Gasteiger partial charge in [0.15, 0.2) is 6.04 Å². The molecule has 7 heteroatoms. The van der Waals surface area contributed by atoms with Crippen LogP contribution in [0.4, 0.5) is 5.69 Å². The van der Waals surface area contributed by atoms with Gasteiger partial charge in [0.1, 0.15) is 0 Å². The van der Waals surface area contributed by atoms with E-state index in [-0.39, 0.29) is 12.2 Å². The summed E-state index contributed by atoms with van der Waals surface area (Å²) in [5.41, 5.74) is 6.51. The molecule has 0 bridgehead atoms. The summed E-state index contributed by atoms with van der Waals surface area (Å²) < 4.78 is 22.9. The van der Waals surface area contributed by atoms with Crippen LogP contribution in [0.5, 0.6) is 0 Å². The van der Waals surface area contributed by atoms with Crippen LogP contribution in [0.3, 0.4) is 0 Å². The number of rotatable bonds is 5. The number of hydrogen-bond donors (Lipinski definition) is 2. The lowest BCUT2D eigenvalue weighted by atomic mass is 10.2. The Hall–Kier alpha value is -1.44. The minimum absolute atomic E-state index is 0.279. The maximum absolute atomic E-state index is 11.1. The second-order valence-electron chi connectivity index (χ2n) is 3.47. The molecule has 0 amide bonds. The number of hydrogen-bond acceptors (Lipinski definition) is 4. The van der Waals surface area contributed by atoms with Crippen LogP contribution in [-0.4, -0.2) is 32.4 Å². The van der Waals surface area contributed by atoms with Gasteiger partial charge in [0.05, 0.1) is 0 Å². The van der Waals surface area contributed by atoms with E-state index in [0.717, 1.165) is 9.87 Å². The third-order valence-corrected chi connectivity index (χ3v) is 3.03. The summed E-state index contributed by atoms with van der Waals surface area (Å²) in [6.45, 7) is 1.55. The zero-order valence-electron chi connectivity index (χ0n) is 9.20. The van der Waals surface area contributed by atoms with Crippen LogP contribution in [-0.2, 0) is 16.1 Å². The topological polar surface area (TPSA) is 107 Å². The van der Waals surface area contributed by atoms with E-state index in [1.807, 2.05) is 6.92 Å². The van der Waals surface area contributed by atoms with E-state index >= 15 is 0 Å². The first-order valence-corrected chi connectivity index (χ1v) is 5.88. The minimum atomic E-state index is -2.69. The van der Waals surface area contributed by atoms with Gasteiger partial charge in [0.2, 0.25) is 0 Å². The van der Waals surface area contributed by atoms with Crippen molar-refractivity contribution in [3.05, 3.63) is 29.8 Å². The molecule has 1 rings (SSSR count). The fourth-order valence-corrected chi connectivity index (χ4v) is 2.04. The SMILES string of the molecule is Cc1ccc(N(C(CN)C(=O)O)S(=O)[O-])cc1. The van der Waals surface area contributed by atoms with Crippen LogP contribution in [0.15, 0.2) is 24.3 Å². The van der Waals surface area contributed by atoms with E-state index in [1.165, 1.54) is 12.1 Å². The standard InChI is InChI=1S/C10H14N2O4S/c1-7-2-4-8(5-3-7)12(17(15)16)9(6-11)10(13)14/h2-5,9H,6,11H2,1H3,(H,13,14)(H,15,16)/p-1. The fourth-order valence-electron chi connectivity index (χ4n) is 1.36. The number of nitrogens with two attached hydrogens (primary N) is 1. The molecule has 2 unspecified atom stereocenters. The molecule has 94 valence electrons. The fraction of sp³-hybridized carbons (Fsp3) is 0.300. The lowest BCUT2D eigenvalue weighted by molar-refractivity contribution is -0.138. The first kappa shape index (κ1) is 13.6. The Labute approximate surface area is 101 Å². The highest BCUT2D eigenvalue weighted by Crippen LogP contribution is 2.19. The largest absolute Gasteiger partial charge is 0.755 e. The molecule has 0 aliphatic carbocycles. The van der Waals surface area contributed by atoms with Gasteiger partial charge in [0.25, 0.3) is 0 Å². The highest BCUT2D eigenvalue weighted by atomic mass is 32.2. The van der Waals surface area contributed by atoms with E-state index < -0.39 is 23.3 Å². The minimum Gasteiger partial charge on any atom is -0.755 e. The quantitative estimate of drug-likeness (QED) is 0.722. The molecule has 0 saturated heterocycles. The number of benzene rings is 1. The highest BCUT2D eigenvalue weighted by molar-refractivity contribution is 7.80. The molecule has 0 heterocycles. The third-order valence-electron chi connectivity index (χ3n) is 2.24. The summed E-state index contributed by atoms with van der Waals surface area (Å²) in [4.78, 5) is 10.9. The Bertz CT molecular complexity index is 421. The van der Waals surface area contributed by atoms with Crippen molar-refractivity contribution in [1.29, 1.82) is 0 Å². The molecule has 3 N–H and O–H groups in total. The van der Waals surface area contributed by atoms with Crippen LogP contribution < -0.4 is 10.0 Å². The van der Waals surface area contributed by atoms with Gasteiger partial charge >= 0.3 is 5.97 Å². The van der Waals surface area contributed by atoms with Gasteiger partial charge in [-0.1, -0.05) is 17.7 Å². The maximum atomic E-state index is 11.1. The van der Waals surface area contributed by atoms with E-state index in [9.17, 15) is 13.6 Å². The summed E-state index contributed by atoms with van der Waals surface area (Å²) in [5, 5.41) is 8.91. The molecular formula is C10H13N2O4S-. The van der Waals surface area contributed by atoms with Gasteiger partial charge in [-0.2, -0.15) is 0 Å². The summed E-state index contributed by atoms with van der Waals surface area (Å²) >= 11 is -2.69. The molecular weight excluding hydrogens is 244 g/mol. The van der Waals surface area contributed by atoms with Crippen molar-refractivity contribution in [2.45, 2.75) is 13.0 Å². The number of carbonyl (C=O) groups is 1. The molecule has 0 radical (unpaired) electrons. The van der Waals surface area contributed by atoms with Crippen molar-refractivity contribution in [2.24, 2.45) is 5.73 Å². The summed E-state index contributed by atoms with van der Waals surface area (Å²) in [5.74, 6) is -1.28. The molecule has 1 aromatic rings. The van der Waals surface area contributed by atoms with Crippen LogP contribution in [0.1, 0.15) is 5.56 Å². The zero-order valence-corrected chi connectivity index (χ0v) is 10.0. The van der Waals surface area contributed by atoms with Crippen molar-refractivity contribution in [1.82, 2.24) is 0 Å². The van der Waals surface area contributed by atoms with E-state index in [2.05, 4.69) is 0 Å². The lowest BCUT2D eigenvalue weighted by Crippen LogP contribution is -2.47. The molecule has 0 aromatic heterocycles. The van der Waals surface area contributed by atoms with Gasteiger partial charge in [0, 0.05) is 23.5 Å². The average molecular weight is 257 g/mol. The predicted molar refractivity (Wildman–Crippen MR) is 63.1 cm³/mol. The van der Waals surface area contributed by atoms with Gasteiger partial charge in [-0.15, -0.1) is 0 Å². The Morgan fingerprint density at radius 1 is 1.53 bits per heavy atom. The van der Waals surface area contributed by atoms with Gasteiger partial charge in [-0.3, -0.25) is 8.51 Å². The van der Waals surface area contributed by atoms with Crippen LogP contribution in [0.2, 0.25) is 0 Å². The van der Waals surface area contributed by atoms with E-state index in [1.54, 1.807) is 12.1 Å². The van der Waals surface area contributed by atoms with E-state index in [4.69, 9.17) is 10.8 Å². The van der Waals surface area contributed by atoms with Crippen LogP contribution >= 0.6 is 0 Å². The Morgan fingerprint density at radius 3 is 2.41 bits per heavy atom. The molecule has 2 atom stereocenters. The number of nitrogens with zero attached hydrogens (tertiary/aromatic N) is 1. The second kappa shape index (κ2) is 5.76. The maximum Gasteiger partial charge on any atom is 0.328 e. The number of anilines is 1. The Morgan fingerprint density at radius 2 is 2.06 bits per heavy atom. The first-order chi connectivity index (χ1) is 7.97. The van der Waals surface area contributed by atoms with Crippen molar-refractivity contribution < 1.29 is 18.7 Å². The highest BCUT2D eigenvalue weighted by Gasteiger charge is 2.25. The van der Waals surface area contributed by atoms with Crippen molar-refractivity contribution >= 4 is 22.9 Å². The molecule has 17 heavy (non-hydrogen) atoms. The normalized spacial score (nSPS) is 14.1. The van der Waals surface area contributed by atoms with Crippen molar-refractivity contribution in [3.63, 3.8) is 0 Å². The van der Waals surface area contributed by atoms with Crippen molar-refractivity contribution in [2.75, 3.05) is 10.8 Å². The van der Waals surface area contributed by atoms with Gasteiger partial charge < -0.3 is 15.4 Å². The zero-order chi connectivity index (χ0) is 13.0. The molecule has 0 aliphatic heterocycles. The summed E-state index contributed by atoms with van der Waals surface area (Å²) in [6, 6.07) is 5.18. The number of carboxylic acid groups (broad SMARTS) is 1. The molecule has 1 aromatic carbocycles. The number of aliphatic carboxylic acids is 1. The Kier molecular flexibility index (Phi) is 4.62. The molecule has 0 saturated carbocycles. The summed E-state index contributed by atoms with van der Waals surface area (Å²) in [7, 11) is 0. The summed E-state index contributed by atoms with van der Waals surface area (Å²) in [6.07, 6.45) is 0. The monoisotopic (exact) mass is 257 g/mol. The van der Waals surface area contributed by atoms with Crippen LogP contribution in [0, 0.1) is 6.92 Å². The molecule has 0 spiro atoms. The lowest BCUT2D eigenvalue weighted by Gasteiger charge is -2.31. The van der Waals surface area contributed by atoms with Crippen molar-refractivity contribution in [3.8, 4) is 0 Å². The second-order valence-corrected chi connectivity index (χ2v) is 4.30. The van der Waals surface area contributed by atoms with Crippen LogP contribution in [0.25, 0.3) is 0 Å².